The summed E-state index contributed by atoms with van der Waals surface area (Å²) in [7, 11) is 0. The van der Waals surface area contributed by atoms with Crippen molar-refractivity contribution in [1.82, 2.24) is 30.5 Å². The Bertz CT molecular complexity index is 905. The van der Waals surface area contributed by atoms with Crippen molar-refractivity contribution in [1.29, 1.82) is 0 Å². The van der Waals surface area contributed by atoms with Crippen LogP contribution in [0.4, 0.5) is 13.2 Å². The van der Waals surface area contributed by atoms with Crippen molar-refractivity contribution in [3.63, 3.8) is 0 Å². The van der Waals surface area contributed by atoms with Crippen molar-refractivity contribution in [2.24, 2.45) is 0 Å². The molecule has 1 N–H and O–H groups in total. The van der Waals surface area contributed by atoms with Gasteiger partial charge in [-0.25, -0.2) is 17.9 Å². The molecule has 8 nitrogen and oxygen atoms in total. The summed E-state index contributed by atoms with van der Waals surface area (Å²) < 4.78 is 51.8. The Morgan fingerprint density at radius 3 is 2.81 bits per heavy atom. The van der Waals surface area contributed by atoms with E-state index >= 15 is 0 Å². The van der Waals surface area contributed by atoms with Gasteiger partial charge in [0.25, 0.3) is 12.3 Å². The number of nitrogens with zero attached hydrogens (tertiary/aromatic N) is 5. The van der Waals surface area contributed by atoms with Gasteiger partial charge in [0, 0.05) is 6.54 Å². The largest absolute Gasteiger partial charge is 0.485 e. The lowest BCUT2D eigenvalue weighted by Gasteiger charge is -2.11. The molecular weight excluding hydrogens is 365 g/mol. The molecule has 3 aromatic rings. The minimum absolute atomic E-state index is 0.0696. The molecule has 0 bridgehead atoms. The highest BCUT2D eigenvalue weighted by Gasteiger charge is 2.31. The molecule has 1 fully saturated rings. The van der Waals surface area contributed by atoms with Gasteiger partial charge >= 0.3 is 0 Å². The van der Waals surface area contributed by atoms with Gasteiger partial charge in [-0.2, -0.15) is 4.98 Å². The van der Waals surface area contributed by atoms with Crippen molar-refractivity contribution < 1.29 is 22.4 Å². The number of hydrogen-bond acceptors (Lipinski definition) is 7. The Hall–Kier alpha value is -2.95. The summed E-state index contributed by atoms with van der Waals surface area (Å²) in [4.78, 5) is 4.05. The van der Waals surface area contributed by atoms with Crippen LogP contribution in [0.15, 0.2) is 28.8 Å². The van der Waals surface area contributed by atoms with Crippen LogP contribution in [0.5, 0.6) is 5.75 Å². The van der Waals surface area contributed by atoms with Gasteiger partial charge in [0.05, 0.1) is 6.04 Å². The molecular formula is C16H15F3N6O2. The predicted molar refractivity (Wildman–Crippen MR) is 85.5 cm³/mol. The molecule has 1 aliphatic rings. The molecule has 142 valence electrons. The van der Waals surface area contributed by atoms with Gasteiger partial charge in [0.15, 0.2) is 12.3 Å². The zero-order chi connectivity index (χ0) is 18.8. The van der Waals surface area contributed by atoms with Crippen LogP contribution in [-0.4, -0.2) is 38.2 Å². The third kappa shape index (κ3) is 3.63. The van der Waals surface area contributed by atoms with E-state index in [4.69, 9.17) is 9.26 Å². The van der Waals surface area contributed by atoms with Gasteiger partial charge in [0.2, 0.25) is 5.82 Å². The minimum Gasteiger partial charge on any atom is -0.485 e. The Morgan fingerprint density at radius 2 is 2.11 bits per heavy atom. The number of aromatic nitrogens is 5. The zero-order valence-corrected chi connectivity index (χ0v) is 14.0. The molecule has 0 radical (unpaired) electrons. The van der Waals surface area contributed by atoms with Gasteiger partial charge in [-0.05, 0) is 37.2 Å². The molecule has 0 aliphatic carbocycles. The molecule has 0 saturated carbocycles. The van der Waals surface area contributed by atoms with Crippen molar-refractivity contribution >= 4 is 0 Å². The number of rotatable bonds is 6. The van der Waals surface area contributed by atoms with E-state index in [9.17, 15) is 13.2 Å². The van der Waals surface area contributed by atoms with Crippen molar-refractivity contribution in [3.8, 4) is 17.3 Å². The van der Waals surface area contributed by atoms with Gasteiger partial charge < -0.3 is 14.6 Å². The number of benzene rings is 1. The van der Waals surface area contributed by atoms with Crippen molar-refractivity contribution in [2.45, 2.75) is 25.5 Å². The summed E-state index contributed by atoms with van der Waals surface area (Å²) in [5.41, 5.74) is -0.490. The van der Waals surface area contributed by atoms with Crippen LogP contribution in [0.3, 0.4) is 0 Å². The molecule has 3 heterocycles. The van der Waals surface area contributed by atoms with E-state index in [0.29, 0.717) is 18.7 Å². The fraction of sp³-hybridized carbons (Fsp3) is 0.375. The Balaban J connectivity index is 1.53. The lowest BCUT2D eigenvalue weighted by molar-refractivity contribution is 0.136. The molecule has 4 rings (SSSR count). The van der Waals surface area contributed by atoms with Crippen molar-refractivity contribution in [3.05, 3.63) is 41.6 Å². The normalized spacial score (nSPS) is 17.0. The molecule has 0 amide bonds. The SMILES string of the molecule is Fc1ccc(OCc2noc(-c3nnn(C4CCNC4)c3C(F)F)n2)cc1. The second-order valence-corrected chi connectivity index (χ2v) is 5.97. The molecule has 1 saturated heterocycles. The summed E-state index contributed by atoms with van der Waals surface area (Å²) in [6, 6.07) is 5.21. The minimum atomic E-state index is -2.79. The zero-order valence-electron chi connectivity index (χ0n) is 14.0. The molecule has 1 aliphatic heterocycles. The van der Waals surface area contributed by atoms with E-state index in [-0.39, 0.29) is 41.6 Å². The average molecular weight is 380 g/mol. The standard InChI is InChI=1S/C16H15F3N6O2/c17-9-1-3-11(4-2-9)26-8-12-21-16(27-23-12)13-14(15(18)19)25(24-22-13)10-5-6-20-7-10/h1-4,10,15,20H,5-8H2. The van der Waals surface area contributed by atoms with E-state index < -0.39 is 6.43 Å². The second kappa shape index (κ2) is 7.35. The first-order valence-electron chi connectivity index (χ1n) is 8.27. The third-order valence-electron chi connectivity index (χ3n) is 4.17. The van der Waals surface area contributed by atoms with Crippen LogP contribution in [0, 0.1) is 5.82 Å². The number of ether oxygens (including phenoxy) is 1. The maximum atomic E-state index is 13.6. The first-order valence-corrected chi connectivity index (χ1v) is 8.27. The molecule has 27 heavy (non-hydrogen) atoms. The van der Waals surface area contributed by atoms with Crippen LogP contribution < -0.4 is 10.1 Å². The van der Waals surface area contributed by atoms with Crippen LogP contribution in [0.25, 0.3) is 11.6 Å². The summed E-state index contributed by atoms with van der Waals surface area (Å²) in [6.07, 6.45) is -2.11. The maximum Gasteiger partial charge on any atom is 0.282 e. The van der Waals surface area contributed by atoms with E-state index in [1.807, 2.05) is 0 Å². The Morgan fingerprint density at radius 1 is 1.30 bits per heavy atom. The summed E-state index contributed by atoms with van der Waals surface area (Å²) in [5, 5.41) is 14.5. The second-order valence-electron chi connectivity index (χ2n) is 5.97. The van der Waals surface area contributed by atoms with E-state index in [0.717, 1.165) is 6.54 Å². The first-order chi connectivity index (χ1) is 13.1. The van der Waals surface area contributed by atoms with E-state index in [2.05, 4.69) is 25.8 Å². The van der Waals surface area contributed by atoms with Crippen molar-refractivity contribution in [2.75, 3.05) is 13.1 Å². The first kappa shape index (κ1) is 17.5. The van der Waals surface area contributed by atoms with E-state index in [1.54, 1.807) is 0 Å². The Labute approximate surface area is 151 Å². The number of hydrogen-bond donors (Lipinski definition) is 1. The van der Waals surface area contributed by atoms with E-state index in [1.165, 1.54) is 28.9 Å². The third-order valence-corrected chi connectivity index (χ3v) is 4.17. The van der Waals surface area contributed by atoms with Crippen LogP contribution >= 0.6 is 0 Å². The highest BCUT2D eigenvalue weighted by atomic mass is 19.3. The number of alkyl halides is 2. The molecule has 1 unspecified atom stereocenters. The predicted octanol–water partition coefficient (Wildman–Crippen LogP) is 2.52. The van der Waals surface area contributed by atoms with Crippen LogP contribution in [-0.2, 0) is 6.61 Å². The average Bonchev–Trinajstić information content (AvgIpc) is 3.39. The highest BCUT2D eigenvalue weighted by molar-refractivity contribution is 5.50. The topological polar surface area (TPSA) is 90.9 Å². The molecule has 11 heteroatoms. The summed E-state index contributed by atoms with van der Waals surface area (Å²) in [5.74, 6) is 0.0202. The van der Waals surface area contributed by atoms with Gasteiger partial charge in [-0.3, -0.25) is 0 Å². The fourth-order valence-corrected chi connectivity index (χ4v) is 2.86. The van der Waals surface area contributed by atoms with Gasteiger partial charge in [-0.1, -0.05) is 10.4 Å². The quantitative estimate of drug-likeness (QED) is 0.703. The number of nitrogens with one attached hydrogen (secondary N) is 1. The molecule has 1 aromatic carbocycles. The fourth-order valence-electron chi connectivity index (χ4n) is 2.86. The van der Waals surface area contributed by atoms with Gasteiger partial charge in [0.1, 0.15) is 17.3 Å². The molecule has 0 spiro atoms. The molecule has 2 aromatic heterocycles. The summed E-state index contributed by atoms with van der Waals surface area (Å²) in [6.45, 7) is 1.21. The Kier molecular flexibility index (Phi) is 4.75. The lowest BCUT2D eigenvalue weighted by Crippen LogP contribution is -2.17. The monoisotopic (exact) mass is 380 g/mol. The van der Waals surface area contributed by atoms with Gasteiger partial charge in [-0.15, -0.1) is 5.10 Å². The summed E-state index contributed by atoms with van der Waals surface area (Å²) >= 11 is 0. The van der Waals surface area contributed by atoms with Crippen LogP contribution in [0.2, 0.25) is 0 Å². The van der Waals surface area contributed by atoms with Crippen LogP contribution in [0.1, 0.15) is 30.4 Å². The number of halogens is 3. The maximum absolute atomic E-state index is 13.6. The smallest absolute Gasteiger partial charge is 0.282 e. The lowest BCUT2D eigenvalue weighted by atomic mass is 10.2. The molecule has 1 atom stereocenters. The highest BCUT2D eigenvalue weighted by Crippen LogP contribution is 2.31.